The highest BCUT2D eigenvalue weighted by atomic mass is 35.5. The molecule has 0 aliphatic carbocycles. The topological polar surface area (TPSA) is 77.5 Å². The van der Waals surface area contributed by atoms with Crippen LogP contribution in [-0.2, 0) is 20.7 Å². The molecule has 0 spiro atoms. The number of aromatic nitrogens is 1. The normalized spacial score (nSPS) is 11.5. The zero-order chi connectivity index (χ0) is 18.4. The van der Waals surface area contributed by atoms with Crippen molar-refractivity contribution in [3.05, 3.63) is 52.8 Å². The van der Waals surface area contributed by atoms with Crippen molar-refractivity contribution in [2.24, 2.45) is 0 Å². The molecule has 7 heteroatoms. The van der Waals surface area contributed by atoms with Gasteiger partial charge in [0.1, 0.15) is 5.75 Å². The monoisotopic (exact) mass is 362 g/mol. The Morgan fingerprint density at radius 1 is 1.32 bits per heavy atom. The largest absolute Gasteiger partial charge is 0.496 e. The van der Waals surface area contributed by atoms with E-state index in [1.807, 2.05) is 19.1 Å². The molecule has 2 rings (SSSR count). The number of pyridine rings is 1. The first-order valence-corrected chi connectivity index (χ1v) is 8.03. The maximum atomic E-state index is 12.1. The van der Waals surface area contributed by atoms with Crippen LogP contribution in [0.1, 0.15) is 18.1 Å². The molecule has 1 amide bonds. The number of rotatable bonds is 6. The Kier molecular flexibility index (Phi) is 6.36. The number of hydrogen-bond acceptors (Lipinski definition) is 5. The van der Waals surface area contributed by atoms with E-state index in [2.05, 4.69) is 10.3 Å². The Balaban J connectivity index is 1.97. The number of nitrogens with one attached hydrogen (secondary N) is 1. The zero-order valence-corrected chi connectivity index (χ0v) is 15.0. The van der Waals surface area contributed by atoms with Crippen LogP contribution in [0.5, 0.6) is 5.75 Å². The van der Waals surface area contributed by atoms with E-state index in [-0.39, 0.29) is 11.6 Å². The number of anilines is 1. The fourth-order valence-electron chi connectivity index (χ4n) is 2.21. The van der Waals surface area contributed by atoms with Gasteiger partial charge in [0.15, 0.2) is 11.3 Å². The van der Waals surface area contributed by atoms with E-state index < -0.39 is 18.0 Å². The third kappa shape index (κ3) is 5.19. The second-order valence-corrected chi connectivity index (χ2v) is 5.81. The number of aryl methyl sites for hydroxylation is 1. The summed E-state index contributed by atoms with van der Waals surface area (Å²) in [7, 11) is 1.53. The van der Waals surface area contributed by atoms with Crippen LogP contribution in [0.3, 0.4) is 0 Å². The number of carbonyl (C=O) groups is 2. The number of methoxy groups -OCH3 is 1. The van der Waals surface area contributed by atoms with E-state index in [0.29, 0.717) is 17.0 Å². The molecule has 1 N–H and O–H groups in total. The van der Waals surface area contributed by atoms with E-state index in [4.69, 9.17) is 21.1 Å². The summed E-state index contributed by atoms with van der Waals surface area (Å²) in [6.45, 7) is 3.41. The lowest BCUT2D eigenvalue weighted by molar-refractivity contribution is -0.152. The molecule has 25 heavy (non-hydrogen) atoms. The number of ether oxygens (including phenoxy) is 2. The summed E-state index contributed by atoms with van der Waals surface area (Å²) in [5.74, 6) is -0.412. The summed E-state index contributed by atoms with van der Waals surface area (Å²) in [4.78, 5) is 28.1. The van der Waals surface area contributed by atoms with Gasteiger partial charge in [-0.15, -0.1) is 0 Å². The second-order valence-electron chi connectivity index (χ2n) is 5.46. The predicted octanol–water partition coefficient (Wildman–Crippen LogP) is 3.16. The average molecular weight is 363 g/mol. The molecule has 1 heterocycles. The second kappa shape index (κ2) is 8.48. The molecule has 1 atom stereocenters. The number of hydrogen-bond donors (Lipinski definition) is 1. The van der Waals surface area contributed by atoms with Crippen LogP contribution in [0.25, 0.3) is 0 Å². The molecule has 0 saturated heterocycles. The van der Waals surface area contributed by atoms with Crippen LogP contribution in [0.4, 0.5) is 5.69 Å². The van der Waals surface area contributed by atoms with Gasteiger partial charge in [0.2, 0.25) is 0 Å². The molecule has 132 valence electrons. The van der Waals surface area contributed by atoms with Crippen molar-refractivity contribution in [3.63, 3.8) is 0 Å². The Morgan fingerprint density at radius 2 is 2.08 bits per heavy atom. The van der Waals surface area contributed by atoms with Crippen LogP contribution in [0.15, 0.2) is 36.5 Å². The lowest BCUT2D eigenvalue weighted by Crippen LogP contribution is -2.30. The molecule has 6 nitrogen and oxygen atoms in total. The van der Waals surface area contributed by atoms with Gasteiger partial charge in [0, 0.05) is 11.8 Å². The molecule has 1 aromatic heterocycles. The first-order valence-electron chi connectivity index (χ1n) is 7.65. The lowest BCUT2D eigenvalue weighted by atomic mass is 10.1. The molecule has 0 aliphatic heterocycles. The molecule has 0 fully saturated rings. The van der Waals surface area contributed by atoms with Gasteiger partial charge in [-0.25, -0.2) is 4.98 Å². The van der Waals surface area contributed by atoms with E-state index in [1.165, 1.54) is 20.2 Å². The molecule has 0 radical (unpaired) electrons. The summed E-state index contributed by atoms with van der Waals surface area (Å²) in [6, 6.07) is 8.78. The van der Waals surface area contributed by atoms with Crippen molar-refractivity contribution in [1.29, 1.82) is 0 Å². The van der Waals surface area contributed by atoms with Gasteiger partial charge in [-0.05, 0) is 32.0 Å². The number of amides is 1. The van der Waals surface area contributed by atoms with E-state index in [1.54, 1.807) is 18.2 Å². The van der Waals surface area contributed by atoms with Crippen molar-refractivity contribution in [3.8, 4) is 5.75 Å². The highest BCUT2D eigenvalue weighted by Crippen LogP contribution is 2.21. The van der Waals surface area contributed by atoms with Gasteiger partial charge in [-0.2, -0.15) is 0 Å². The van der Waals surface area contributed by atoms with Crippen molar-refractivity contribution >= 4 is 29.2 Å². The molecule has 0 unspecified atom stereocenters. The lowest BCUT2D eigenvalue weighted by Gasteiger charge is -2.15. The Hall–Kier alpha value is -2.60. The summed E-state index contributed by atoms with van der Waals surface area (Å²) in [5, 5.41) is 2.74. The Morgan fingerprint density at radius 3 is 2.76 bits per heavy atom. The van der Waals surface area contributed by atoms with Crippen LogP contribution < -0.4 is 10.1 Å². The maximum absolute atomic E-state index is 12.1. The highest BCUT2D eigenvalue weighted by Gasteiger charge is 2.20. The van der Waals surface area contributed by atoms with Gasteiger partial charge in [-0.3, -0.25) is 9.59 Å². The number of nitrogens with zero attached hydrogens (tertiary/aromatic N) is 1. The Labute approximate surface area is 151 Å². The van der Waals surface area contributed by atoms with E-state index in [9.17, 15) is 9.59 Å². The molecule has 0 saturated carbocycles. The molecule has 2 aromatic rings. The van der Waals surface area contributed by atoms with Crippen molar-refractivity contribution in [2.45, 2.75) is 26.4 Å². The van der Waals surface area contributed by atoms with Crippen molar-refractivity contribution in [1.82, 2.24) is 4.98 Å². The van der Waals surface area contributed by atoms with Crippen molar-refractivity contribution in [2.75, 3.05) is 12.4 Å². The minimum Gasteiger partial charge on any atom is -0.496 e. The smallest absolute Gasteiger partial charge is 0.311 e. The fourth-order valence-corrected chi connectivity index (χ4v) is 2.37. The van der Waals surface area contributed by atoms with Gasteiger partial charge in [-0.1, -0.05) is 29.3 Å². The Bertz CT molecular complexity index is 779. The van der Waals surface area contributed by atoms with Crippen molar-refractivity contribution < 1.29 is 19.1 Å². The fraction of sp³-hybridized carbons (Fsp3) is 0.278. The number of benzene rings is 1. The minimum absolute atomic E-state index is 0.0100. The molecule has 0 bridgehead atoms. The van der Waals surface area contributed by atoms with Gasteiger partial charge >= 0.3 is 5.97 Å². The SMILES string of the molecule is COc1ccc(C)cc1CC(=O)O[C@H](C)C(=O)Nc1cccnc1Cl. The highest BCUT2D eigenvalue weighted by molar-refractivity contribution is 6.32. The van der Waals surface area contributed by atoms with Crippen LogP contribution >= 0.6 is 11.6 Å². The number of esters is 1. The predicted molar refractivity (Wildman–Crippen MR) is 94.9 cm³/mol. The van der Waals surface area contributed by atoms with Crippen LogP contribution in [0.2, 0.25) is 5.15 Å². The van der Waals surface area contributed by atoms with Crippen LogP contribution in [0, 0.1) is 6.92 Å². The summed E-state index contributed by atoms with van der Waals surface area (Å²) in [5.41, 5.74) is 2.06. The van der Waals surface area contributed by atoms with Gasteiger partial charge in [0.25, 0.3) is 5.91 Å². The average Bonchev–Trinajstić information content (AvgIpc) is 2.57. The van der Waals surface area contributed by atoms with Gasteiger partial charge < -0.3 is 14.8 Å². The maximum Gasteiger partial charge on any atom is 0.311 e. The number of halogens is 1. The molecule has 1 aromatic carbocycles. The summed E-state index contributed by atoms with van der Waals surface area (Å²) in [6.07, 6.45) is 0.548. The third-order valence-corrected chi connectivity index (χ3v) is 3.77. The minimum atomic E-state index is -0.973. The molecular formula is C18H19ClN2O4. The quantitative estimate of drug-likeness (QED) is 0.631. The zero-order valence-electron chi connectivity index (χ0n) is 14.2. The summed E-state index contributed by atoms with van der Waals surface area (Å²) < 4.78 is 10.4. The van der Waals surface area contributed by atoms with Crippen LogP contribution in [-0.4, -0.2) is 30.1 Å². The summed E-state index contributed by atoms with van der Waals surface area (Å²) >= 11 is 5.89. The number of carbonyl (C=O) groups excluding carboxylic acids is 2. The first kappa shape index (κ1) is 18.7. The third-order valence-electron chi connectivity index (χ3n) is 3.47. The standard InChI is InChI=1S/C18H19ClN2O4/c1-11-6-7-15(24-3)13(9-11)10-16(22)25-12(2)18(23)21-14-5-4-8-20-17(14)19/h4-9,12H,10H2,1-3H3,(H,21,23)/t12-/m1/s1. The van der Waals surface area contributed by atoms with Gasteiger partial charge in [0.05, 0.1) is 19.2 Å². The molecule has 0 aliphatic rings. The first-order chi connectivity index (χ1) is 11.9. The van der Waals surface area contributed by atoms with E-state index >= 15 is 0 Å². The van der Waals surface area contributed by atoms with E-state index in [0.717, 1.165) is 5.56 Å². The molecular weight excluding hydrogens is 344 g/mol.